The molecule has 0 unspecified atom stereocenters. The van der Waals surface area contributed by atoms with Crippen molar-refractivity contribution >= 4 is 37.6 Å². The molecule has 0 aliphatic rings. The number of halogens is 2. The van der Waals surface area contributed by atoms with Gasteiger partial charge in [-0.05, 0) is 36.4 Å². The van der Waals surface area contributed by atoms with E-state index in [0.717, 1.165) is 16.6 Å². The van der Waals surface area contributed by atoms with E-state index in [1.807, 2.05) is 0 Å². The van der Waals surface area contributed by atoms with Crippen molar-refractivity contribution in [1.82, 2.24) is 0 Å². The first-order chi connectivity index (χ1) is 10.8. The Morgan fingerprint density at radius 1 is 1.22 bits per heavy atom. The molecule has 0 saturated carbocycles. The van der Waals surface area contributed by atoms with E-state index in [4.69, 9.17) is 4.74 Å². The van der Waals surface area contributed by atoms with Crippen molar-refractivity contribution in [2.45, 2.75) is 0 Å². The molecule has 0 aromatic heterocycles. The van der Waals surface area contributed by atoms with E-state index in [0.29, 0.717) is 10.2 Å². The summed E-state index contributed by atoms with van der Waals surface area (Å²) in [5, 5.41) is 0. The number of benzene rings is 2. The molecule has 8 heteroatoms. The third-order valence-electron chi connectivity index (χ3n) is 2.87. The minimum absolute atomic E-state index is 0.00712. The summed E-state index contributed by atoms with van der Waals surface area (Å²) in [5.74, 6) is -1.39. The van der Waals surface area contributed by atoms with Crippen LogP contribution in [0, 0.1) is 5.82 Å². The van der Waals surface area contributed by atoms with Crippen molar-refractivity contribution in [3.8, 4) is 0 Å². The topological polar surface area (TPSA) is 63.7 Å². The molecule has 122 valence electrons. The van der Waals surface area contributed by atoms with E-state index < -0.39 is 28.5 Å². The highest BCUT2D eigenvalue weighted by molar-refractivity contribution is 9.10. The predicted molar refractivity (Wildman–Crippen MR) is 88.1 cm³/mol. The van der Waals surface area contributed by atoms with E-state index in [2.05, 4.69) is 15.9 Å². The molecule has 0 bridgehead atoms. The van der Waals surface area contributed by atoms with Gasteiger partial charge in [0.05, 0.1) is 17.5 Å². The molecule has 0 amide bonds. The van der Waals surface area contributed by atoms with Crippen molar-refractivity contribution in [2.75, 3.05) is 17.3 Å². The maximum Gasteiger partial charge on any atom is 0.339 e. The summed E-state index contributed by atoms with van der Waals surface area (Å²) in [7, 11) is -3.66. The lowest BCUT2D eigenvalue weighted by atomic mass is 10.2. The number of sulfonamides is 1. The van der Waals surface area contributed by atoms with Crippen LogP contribution < -0.4 is 4.31 Å². The summed E-state index contributed by atoms with van der Waals surface area (Å²) in [6.45, 7) is -0.509. The lowest BCUT2D eigenvalue weighted by Crippen LogP contribution is -2.33. The van der Waals surface area contributed by atoms with Crippen LogP contribution in [-0.2, 0) is 14.8 Å². The minimum Gasteiger partial charge on any atom is -0.440 e. The second kappa shape index (κ2) is 7.10. The van der Waals surface area contributed by atoms with Crippen LogP contribution in [0.3, 0.4) is 0 Å². The Labute approximate surface area is 141 Å². The number of esters is 1. The van der Waals surface area contributed by atoms with E-state index in [1.54, 1.807) is 24.3 Å². The molecule has 2 aromatic carbocycles. The Kier molecular flexibility index (Phi) is 5.38. The molecule has 0 atom stereocenters. The van der Waals surface area contributed by atoms with Crippen LogP contribution in [-0.4, -0.2) is 27.4 Å². The number of hydrogen-bond acceptors (Lipinski definition) is 4. The maximum absolute atomic E-state index is 13.1. The SMILES string of the molecule is CS(=O)(=O)N(COC(=O)c1cccc(F)c1)c1cccc(Br)c1. The van der Waals surface area contributed by atoms with Gasteiger partial charge in [-0.2, -0.15) is 0 Å². The Morgan fingerprint density at radius 3 is 2.52 bits per heavy atom. The van der Waals surface area contributed by atoms with Crippen LogP contribution in [0.1, 0.15) is 10.4 Å². The maximum atomic E-state index is 13.1. The number of carbonyl (C=O) groups excluding carboxylic acids is 1. The molecule has 5 nitrogen and oxygen atoms in total. The predicted octanol–water partition coefficient (Wildman–Crippen LogP) is 3.17. The van der Waals surface area contributed by atoms with Crippen LogP contribution in [0.25, 0.3) is 0 Å². The van der Waals surface area contributed by atoms with E-state index >= 15 is 0 Å². The zero-order valence-electron chi connectivity index (χ0n) is 12.1. The second-order valence-corrected chi connectivity index (χ2v) is 7.49. The van der Waals surface area contributed by atoms with Crippen LogP contribution >= 0.6 is 15.9 Å². The fourth-order valence-corrected chi connectivity index (χ4v) is 2.94. The summed E-state index contributed by atoms with van der Waals surface area (Å²) in [6.07, 6.45) is 1.00. The Morgan fingerprint density at radius 2 is 1.91 bits per heavy atom. The van der Waals surface area contributed by atoms with Crippen LogP contribution in [0.2, 0.25) is 0 Å². The van der Waals surface area contributed by atoms with Gasteiger partial charge in [-0.1, -0.05) is 28.1 Å². The number of anilines is 1. The van der Waals surface area contributed by atoms with Crippen molar-refractivity contribution in [3.05, 3.63) is 64.4 Å². The minimum atomic E-state index is -3.66. The number of carbonyl (C=O) groups is 1. The van der Waals surface area contributed by atoms with Crippen LogP contribution in [0.15, 0.2) is 53.0 Å². The van der Waals surface area contributed by atoms with E-state index in [1.165, 1.54) is 18.2 Å². The Balaban J connectivity index is 2.18. The van der Waals surface area contributed by atoms with Gasteiger partial charge in [-0.25, -0.2) is 21.9 Å². The quantitative estimate of drug-likeness (QED) is 0.570. The highest BCUT2D eigenvalue weighted by atomic mass is 79.9. The molecule has 0 spiro atoms. The first-order valence-electron chi connectivity index (χ1n) is 6.43. The van der Waals surface area contributed by atoms with Gasteiger partial charge in [0.25, 0.3) is 0 Å². The molecule has 0 radical (unpaired) electrons. The zero-order chi connectivity index (χ0) is 17.0. The number of rotatable bonds is 5. The van der Waals surface area contributed by atoms with Crippen molar-refractivity contribution in [2.24, 2.45) is 0 Å². The Hall–Kier alpha value is -1.93. The molecule has 2 rings (SSSR count). The van der Waals surface area contributed by atoms with Gasteiger partial charge in [0.15, 0.2) is 6.73 Å². The molecule has 2 aromatic rings. The fourth-order valence-electron chi connectivity index (χ4n) is 1.81. The second-order valence-electron chi connectivity index (χ2n) is 4.66. The van der Waals surface area contributed by atoms with Gasteiger partial charge in [0, 0.05) is 4.47 Å². The summed E-state index contributed by atoms with van der Waals surface area (Å²) >= 11 is 3.25. The molecular weight excluding hydrogens is 389 g/mol. The van der Waals surface area contributed by atoms with Gasteiger partial charge in [0.2, 0.25) is 10.0 Å². The molecular formula is C15H13BrFNO4S. The molecule has 0 aliphatic carbocycles. The molecule has 0 heterocycles. The molecule has 0 N–H and O–H groups in total. The standard InChI is InChI=1S/C15H13BrFNO4S/c1-23(20,21)18(14-7-3-5-12(16)9-14)10-22-15(19)11-4-2-6-13(17)8-11/h2-9H,10H2,1H3. The van der Waals surface area contributed by atoms with Crippen LogP contribution in [0.4, 0.5) is 10.1 Å². The Bertz CT molecular complexity index is 826. The van der Waals surface area contributed by atoms with Gasteiger partial charge >= 0.3 is 5.97 Å². The highest BCUT2D eigenvalue weighted by Gasteiger charge is 2.20. The summed E-state index contributed by atoms with van der Waals surface area (Å²) in [6, 6.07) is 11.5. The zero-order valence-corrected chi connectivity index (χ0v) is 14.5. The number of ether oxygens (including phenoxy) is 1. The molecule has 0 fully saturated rings. The molecule has 23 heavy (non-hydrogen) atoms. The fraction of sp³-hybridized carbons (Fsp3) is 0.133. The first kappa shape index (κ1) is 17.4. The van der Waals surface area contributed by atoms with Crippen LogP contribution in [0.5, 0.6) is 0 Å². The lowest BCUT2D eigenvalue weighted by Gasteiger charge is -2.22. The number of nitrogens with zero attached hydrogens (tertiary/aromatic N) is 1. The first-order valence-corrected chi connectivity index (χ1v) is 9.07. The van der Waals surface area contributed by atoms with Gasteiger partial charge in [0.1, 0.15) is 5.82 Å². The van der Waals surface area contributed by atoms with Crippen molar-refractivity contribution < 1.29 is 22.3 Å². The average Bonchev–Trinajstić information content (AvgIpc) is 2.46. The van der Waals surface area contributed by atoms with Crippen molar-refractivity contribution in [3.63, 3.8) is 0 Å². The third kappa shape index (κ3) is 4.77. The molecule has 0 aliphatic heterocycles. The van der Waals surface area contributed by atoms with E-state index in [9.17, 15) is 17.6 Å². The summed E-state index contributed by atoms with van der Waals surface area (Å²) < 4.78 is 43.5. The number of hydrogen-bond donors (Lipinski definition) is 0. The largest absolute Gasteiger partial charge is 0.440 e. The van der Waals surface area contributed by atoms with Gasteiger partial charge in [-0.3, -0.25) is 0 Å². The lowest BCUT2D eigenvalue weighted by molar-refractivity contribution is 0.0520. The van der Waals surface area contributed by atoms with Crippen molar-refractivity contribution in [1.29, 1.82) is 0 Å². The monoisotopic (exact) mass is 401 g/mol. The van der Waals surface area contributed by atoms with E-state index in [-0.39, 0.29) is 5.56 Å². The highest BCUT2D eigenvalue weighted by Crippen LogP contribution is 2.22. The smallest absolute Gasteiger partial charge is 0.339 e. The van der Waals surface area contributed by atoms with Gasteiger partial charge in [-0.15, -0.1) is 0 Å². The third-order valence-corrected chi connectivity index (χ3v) is 4.48. The normalized spacial score (nSPS) is 11.1. The molecule has 0 saturated heterocycles. The summed E-state index contributed by atoms with van der Waals surface area (Å²) in [4.78, 5) is 11.9. The van der Waals surface area contributed by atoms with Gasteiger partial charge < -0.3 is 4.74 Å². The summed E-state index contributed by atoms with van der Waals surface area (Å²) in [5.41, 5.74) is 0.349. The average molecular weight is 402 g/mol.